The number of rotatable bonds is 5. The lowest BCUT2D eigenvalue weighted by Crippen LogP contribution is -2.28. The second kappa shape index (κ2) is 7.21. The fraction of sp³-hybridized carbons (Fsp3) is 0.200. The van der Waals surface area contributed by atoms with Crippen molar-refractivity contribution in [2.24, 2.45) is 0 Å². The number of anilines is 2. The maximum Gasteiger partial charge on any atom is 0.267 e. The zero-order chi connectivity index (χ0) is 16.8. The van der Waals surface area contributed by atoms with Gasteiger partial charge in [0.2, 0.25) is 11.8 Å². The van der Waals surface area contributed by atoms with Gasteiger partial charge in [-0.3, -0.25) is 14.4 Å². The fourth-order valence-electron chi connectivity index (χ4n) is 1.92. The lowest BCUT2D eigenvalue weighted by molar-refractivity contribution is -0.117. The van der Waals surface area contributed by atoms with Crippen LogP contribution < -0.4 is 20.9 Å². The van der Waals surface area contributed by atoms with Crippen molar-refractivity contribution in [1.29, 1.82) is 0 Å². The molecule has 23 heavy (non-hydrogen) atoms. The lowest BCUT2D eigenvalue weighted by Gasteiger charge is -2.12. The number of ether oxygens (including phenoxy) is 1. The average molecular weight is 316 g/mol. The van der Waals surface area contributed by atoms with Crippen molar-refractivity contribution in [3.05, 3.63) is 46.9 Å². The Morgan fingerprint density at radius 3 is 2.70 bits per heavy atom. The molecule has 0 unspecified atom stereocenters. The highest BCUT2D eigenvalue weighted by Crippen LogP contribution is 2.27. The number of nitrogens with one attached hydrogen (secondary N) is 2. The minimum absolute atomic E-state index is 0.229. The molecular formula is C15H16N4O4. The van der Waals surface area contributed by atoms with Crippen molar-refractivity contribution in [1.82, 2.24) is 9.78 Å². The Kier molecular flexibility index (Phi) is 5.08. The fourth-order valence-corrected chi connectivity index (χ4v) is 1.92. The summed E-state index contributed by atoms with van der Waals surface area (Å²) in [5.41, 5.74) is 0.526. The lowest BCUT2D eigenvalue weighted by atomic mass is 10.2. The van der Waals surface area contributed by atoms with Crippen LogP contribution in [0.5, 0.6) is 5.75 Å². The molecular weight excluding hydrogens is 300 g/mol. The number of benzene rings is 1. The van der Waals surface area contributed by atoms with Crippen LogP contribution in [0.3, 0.4) is 0 Å². The highest BCUT2D eigenvalue weighted by Gasteiger charge is 2.11. The topological polar surface area (TPSA) is 102 Å². The van der Waals surface area contributed by atoms with Crippen LogP contribution in [0.15, 0.2) is 41.3 Å². The van der Waals surface area contributed by atoms with Crippen molar-refractivity contribution in [3.63, 3.8) is 0 Å². The molecule has 2 amide bonds. The smallest absolute Gasteiger partial charge is 0.267 e. The first-order chi connectivity index (χ1) is 11.0. The number of carbonyl (C=O) groups is 2. The Labute approximate surface area is 132 Å². The molecule has 2 aromatic rings. The highest BCUT2D eigenvalue weighted by molar-refractivity contribution is 5.94. The second-order valence-electron chi connectivity index (χ2n) is 4.66. The first-order valence-corrected chi connectivity index (χ1v) is 6.77. The van der Waals surface area contributed by atoms with Gasteiger partial charge in [-0.1, -0.05) is 0 Å². The molecule has 1 aromatic heterocycles. The summed E-state index contributed by atoms with van der Waals surface area (Å²) in [7, 11) is 1.46. The van der Waals surface area contributed by atoms with Gasteiger partial charge in [-0.15, -0.1) is 0 Å². The molecule has 0 atom stereocenters. The predicted molar refractivity (Wildman–Crippen MR) is 84.4 cm³/mol. The molecule has 2 N–H and O–H groups in total. The van der Waals surface area contributed by atoms with Gasteiger partial charge in [-0.2, -0.15) is 5.10 Å². The van der Waals surface area contributed by atoms with E-state index in [1.54, 1.807) is 18.2 Å². The van der Waals surface area contributed by atoms with Crippen LogP contribution in [-0.2, 0) is 16.1 Å². The van der Waals surface area contributed by atoms with Gasteiger partial charge < -0.3 is 15.4 Å². The zero-order valence-corrected chi connectivity index (χ0v) is 12.7. The third kappa shape index (κ3) is 4.40. The Morgan fingerprint density at radius 2 is 2.04 bits per heavy atom. The first-order valence-electron chi connectivity index (χ1n) is 6.77. The number of amides is 2. The maximum absolute atomic E-state index is 12.1. The van der Waals surface area contributed by atoms with Crippen LogP contribution in [0, 0.1) is 0 Å². The second-order valence-corrected chi connectivity index (χ2v) is 4.66. The number of carbonyl (C=O) groups excluding carboxylic acids is 2. The maximum atomic E-state index is 12.1. The average Bonchev–Trinajstić information content (AvgIpc) is 2.49. The molecule has 8 heteroatoms. The van der Waals surface area contributed by atoms with E-state index in [-0.39, 0.29) is 18.0 Å². The molecule has 1 heterocycles. The van der Waals surface area contributed by atoms with E-state index in [0.717, 1.165) is 4.68 Å². The summed E-state index contributed by atoms with van der Waals surface area (Å²) in [6.45, 7) is 1.16. The summed E-state index contributed by atoms with van der Waals surface area (Å²) in [4.78, 5) is 34.7. The van der Waals surface area contributed by atoms with Crippen LogP contribution in [0.4, 0.5) is 11.4 Å². The minimum Gasteiger partial charge on any atom is -0.495 e. The third-order valence-electron chi connectivity index (χ3n) is 2.87. The molecule has 0 aliphatic carbocycles. The van der Waals surface area contributed by atoms with E-state index in [0.29, 0.717) is 17.1 Å². The largest absolute Gasteiger partial charge is 0.495 e. The number of hydrogen-bond donors (Lipinski definition) is 2. The third-order valence-corrected chi connectivity index (χ3v) is 2.87. The molecule has 0 saturated heterocycles. The van der Waals surface area contributed by atoms with Gasteiger partial charge in [0.1, 0.15) is 12.3 Å². The summed E-state index contributed by atoms with van der Waals surface area (Å²) in [6.07, 6.45) is 1.42. The van der Waals surface area contributed by atoms with Gasteiger partial charge in [0.05, 0.1) is 12.8 Å². The van der Waals surface area contributed by atoms with E-state index < -0.39 is 5.91 Å². The molecule has 0 aliphatic rings. The normalized spacial score (nSPS) is 10.0. The Balaban J connectivity index is 2.17. The van der Waals surface area contributed by atoms with Gasteiger partial charge in [0.15, 0.2) is 0 Å². The quantitative estimate of drug-likeness (QED) is 0.851. The van der Waals surface area contributed by atoms with E-state index in [2.05, 4.69) is 15.7 Å². The zero-order valence-electron chi connectivity index (χ0n) is 12.7. The predicted octanol–water partition coefficient (Wildman–Crippen LogP) is 0.849. The van der Waals surface area contributed by atoms with Crippen molar-refractivity contribution in [2.45, 2.75) is 13.5 Å². The van der Waals surface area contributed by atoms with E-state index in [9.17, 15) is 14.4 Å². The summed E-state index contributed by atoms with van der Waals surface area (Å²) in [5, 5.41) is 9.07. The number of aromatic nitrogens is 2. The van der Waals surface area contributed by atoms with Crippen molar-refractivity contribution in [2.75, 3.05) is 17.7 Å². The minimum atomic E-state index is -0.441. The number of methoxy groups -OCH3 is 1. The van der Waals surface area contributed by atoms with Crippen LogP contribution >= 0.6 is 0 Å². The molecule has 1 aromatic carbocycles. The number of nitrogens with zero attached hydrogens (tertiary/aromatic N) is 2. The summed E-state index contributed by atoms with van der Waals surface area (Å²) in [6, 6.07) is 7.65. The summed E-state index contributed by atoms with van der Waals surface area (Å²) < 4.78 is 6.21. The van der Waals surface area contributed by atoms with E-state index >= 15 is 0 Å². The van der Waals surface area contributed by atoms with E-state index in [1.807, 2.05) is 0 Å². The van der Waals surface area contributed by atoms with E-state index in [4.69, 9.17) is 4.74 Å². The van der Waals surface area contributed by atoms with Crippen LogP contribution in [0.2, 0.25) is 0 Å². The van der Waals surface area contributed by atoms with Gasteiger partial charge >= 0.3 is 0 Å². The summed E-state index contributed by atoms with van der Waals surface area (Å²) in [5.74, 6) is -0.239. The molecule has 0 saturated carbocycles. The first kappa shape index (κ1) is 16.2. The van der Waals surface area contributed by atoms with Crippen LogP contribution in [0.1, 0.15) is 6.92 Å². The van der Waals surface area contributed by atoms with Crippen molar-refractivity contribution in [3.8, 4) is 5.75 Å². The molecule has 0 fully saturated rings. The molecule has 0 aliphatic heterocycles. The molecule has 2 rings (SSSR count). The van der Waals surface area contributed by atoms with Gasteiger partial charge in [-0.05, 0) is 24.3 Å². The van der Waals surface area contributed by atoms with Crippen molar-refractivity contribution >= 4 is 23.2 Å². The van der Waals surface area contributed by atoms with Gasteiger partial charge in [0, 0.05) is 24.9 Å². The number of hydrogen-bond acceptors (Lipinski definition) is 5. The molecule has 120 valence electrons. The highest BCUT2D eigenvalue weighted by atomic mass is 16.5. The van der Waals surface area contributed by atoms with Crippen LogP contribution in [0.25, 0.3) is 0 Å². The molecule has 0 spiro atoms. The van der Waals surface area contributed by atoms with Gasteiger partial charge in [-0.25, -0.2) is 4.68 Å². The Bertz CT molecular complexity index is 785. The monoisotopic (exact) mass is 316 g/mol. The molecule has 0 bridgehead atoms. The SMILES string of the molecule is COc1ccc(NC(C)=O)cc1NC(=O)Cn1ncccc1=O. The standard InChI is InChI=1S/C15H16N4O4/c1-10(20)17-11-5-6-13(23-2)12(8-11)18-14(21)9-19-15(22)4-3-7-16-19/h3-8H,9H2,1-2H3,(H,17,20)(H,18,21). The van der Waals surface area contributed by atoms with Gasteiger partial charge in [0.25, 0.3) is 5.56 Å². The van der Waals surface area contributed by atoms with Crippen molar-refractivity contribution < 1.29 is 14.3 Å². The van der Waals surface area contributed by atoms with Crippen LogP contribution in [-0.4, -0.2) is 28.7 Å². The summed E-state index contributed by atoms with van der Waals surface area (Å²) >= 11 is 0. The molecule has 0 radical (unpaired) electrons. The molecule has 8 nitrogen and oxygen atoms in total. The Hall–Kier alpha value is -3.16. The van der Waals surface area contributed by atoms with E-state index in [1.165, 1.54) is 32.4 Å². The Morgan fingerprint density at radius 1 is 1.26 bits per heavy atom.